The molecule has 1 atom stereocenters. The van der Waals surface area contributed by atoms with E-state index in [1.807, 2.05) is 12.1 Å². The van der Waals surface area contributed by atoms with Crippen molar-refractivity contribution in [2.75, 3.05) is 20.6 Å². The zero-order valence-corrected chi connectivity index (χ0v) is 13.5. The van der Waals surface area contributed by atoms with Crippen molar-refractivity contribution in [2.24, 2.45) is 0 Å². The maximum atomic E-state index is 8.86. The Morgan fingerprint density at radius 2 is 1.81 bits per heavy atom. The summed E-state index contributed by atoms with van der Waals surface area (Å²) in [4.78, 5) is 2.41. The SMILES string of the molecule is CC(NCC1(N(C)C)CCCCC1)c1ccc(C#N)cc1. The smallest absolute Gasteiger partial charge is 0.0991 e. The van der Waals surface area contributed by atoms with Crippen molar-refractivity contribution in [2.45, 2.75) is 50.6 Å². The monoisotopic (exact) mass is 285 g/mol. The molecule has 0 aliphatic heterocycles. The lowest BCUT2D eigenvalue weighted by atomic mass is 9.80. The number of likely N-dealkylation sites (N-methyl/N-ethyl adjacent to an activating group) is 1. The molecule has 1 aromatic rings. The molecular formula is C18H27N3. The number of nitrogens with zero attached hydrogens (tertiary/aromatic N) is 2. The van der Waals surface area contributed by atoms with E-state index in [0.717, 1.165) is 12.1 Å². The average Bonchev–Trinajstić information content (AvgIpc) is 2.53. The van der Waals surface area contributed by atoms with E-state index in [1.54, 1.807) is 0 Å². The highest BCUT2D eigenvalue weighted by Gasteiger charge is 2.34. The first-order chi connectivity index (χ1) is 10.1. The van der Waals surface area contributed by atoms with Crippen molar-refractivity contribution in [3.05, 3.63) is 35.4 Å². The fourth-order valence-corrected chi connectivity index (χ4v) is 3.30. The summed E-state index contributed by atoms with van der Waals surface area (Å²) in [5, 5.41) is 12.6. The van der Waals surface area contributed by atoms with Gasteiger partial charge in [0.1, 0.15) is 0 Å². The van der Waals surface area contributed by atoms with Gasteiger partial charge < -0.3 is 10.2 Å². The van der Waals surface area contributed by atoms with Crippen LogP contribution in [-0.2, 0) is 0 Å². The molecule has 0 amide bonds. The second-order valence-corrected chi connectivity index (χ2v) is 6.52. The molecule has 1 N–H and O–H groups in total. The lowest BCUT2D eigenvalue weighted by Crippen LogP contribution is -2.53. The summed E-state index contributed by atoms with van der Waals surface area (Å²) >= 11 is 0. The summed E-state index contributed by atoms with van der Waals surface area (Å²) in [7, 11) is 4.42. The number of rotatable bonds is 5. The Bertz CT molecular complexity index is 478. The molecular weight excluding hydrogens is 258 g/mol. The lowest BCUT2D eigenvalue weighted by molar-refractivity contribution is 0.0958. The fraction of sp³-hybridized carbons (Fsp3) is 0.611. The molecule has 0 saturated heterocycles. The molecule has 0 radical (unpaired) electrons. The van der Waals surface area contributed by atoms with Gasteiger partial charge in [0.2, 0.25) is 0 Å². The summed E-state index contributed by atoms with van der Waals surface area (Å²) in [5.41, 5.74) is 2.28. The van der Waals surface area contributed by atoms with Gasteiger partial charge in [-0.15, -0.1) is 0 Å². The Morgan fingerprint density at radius 3 is 2.33 bits per heavy atom. The number of nitriles is 1. The maximum Gasteiger partial charge on any atom is 0.0991 e. The molecule has 1 fully saturated rings. The van der Waals surface area contributed by atoms with Gasteiger partial charge in [0.05, 0.1) is 11.6 Å². The number of hydrogen-bond acceptors (Lipinski definition) is 3. The van der Waals surface area contributed by atoms with Crippen LogP contribution in [0.4, 0.5) is 0 Å². The van der Waals surface area contributed by atoms with Gasteiger partial charge in [0.25, 0.3) is 0 Å². The molecule has 0 bridgehead atoms. The molecule has 3 nitrogen and oxygen atoms in total. The van der Waals surface area contributed by atoms with Crippen molar-refractivity contribution < 1.29 is 0 Å². The summed E-state index contributed by atoms with van der Waals surface area (Å²) in [5.74, 6) is 0. The molecule has 1 unspecified atom stereocenters. The minimum absolute atomic E-state index is 0.305. The number of benzene rings is 1. The molecule has 21 heavy (non-hydrogen) atoms. The second-order valence-electron chi connectivity index (χ2n) is 6.52. The summed E-state index contributed by atoms with van der Waals surface area (Å²) in [6.45, 7) is 3.23. The molecule has 114 valence electrons. The largest absolute Gasteiger partial charge is 0.308 e. The molecule has 0 heterocycles. The standard InChI is InChI=1S/C18H27N3/c1-15(17-9-7-16(13-19)8-10-17)20-14-18(21(2)3)11-5-4-6-12-18/h7-10,15,20H,4-6,11-12,14H2,1-3H3. The highest BCUT2D eigenvalue weighted by molar-refractivity contribution is 5.32. The van der Waals surface area contributed by atoms with Crippen LogP contribution in [0.5, 0.6) is 0 Å². The van der Waals surface area contributed by atoms with Gasteiger partial charge in [0, 0.05) is 18.1 Å². The summed E-state index contributed by atoms with van der Waals surface area (Å²) in [6, 6.07) is 10.4. The Balaban J connectivity index is 1.98. The Morgan fingerprint density at radius 1 is 1.19 bits per heavy atom. The van der Waals surface area contributed by atoms with Crippen molar-refractivity contribution >= 4 is 0 Å². The molecule has 1 aliphatic carbocycles. The van der Waals surface area contributed by atoms with Gasteiger partial charge in [-0.3, -0.25) is 0 Å². The summed E-state index contributed by atoms with van der Waals surface area (Å²) < 4.78 is 0. The van der Waals surface area contributed by atoms with Crippen LogP contribution in [-0.4, -0.2) is 31.1 Å². The van der Waals surface area contributed by atoms with Gasteiger partial charge in [-0.2, -0.15) is 5.26 Å². The highest BCUT2D eigenvalue weighted by Crippen LogP contribution is 2.32. The second kappa shape index (κ2) is 7.06. The van der Waals surface area contributed by atoms with Crippen LogP contribution in [0.25, 0.3) is 0 Å². The molecule has 1 aromatic carbocycles. The first-order valence-corrected chi connectivity index (χ1v) is 7.98. The predicted molar refractivity (Wildman–Crippen MR) is 87.1 cm³/mol. The summed E-state index contributed by atoms with van der Waals surface area (Å²) in [6.07, 6.45) is 6.62. The van der Waals surface area contributed by atoms with Gasteiger partial charge >= 0.3 is 0 Å². The molecule has 0 spiro atoms. The van der Waals surface area contributed by atoms with Crippen molar-refractivity contribution in [3.63, 3.8) is 0 Å². The Labute approximate surface area is 129 Å². The molecule has 2 rings (SSSR count). The molecule has 1 aliphatic rings. The van der Waals surface area contributed by atoms with E-state index in [9.17, 15) is 0 Å². The maximum absolute atomic E-state index is 8.86. The zero-order valence-electron chi connectivity index (χ0n) is 13.5. The van der Waals surface area contributed by atoms with E-state index >= 15 is 0 Å². The number of nitrogens with one attached hydrogen (secondary N) is 1. The molecule has 3 heteroatoms. The Kier molecular flexibility index (Phi) is 5.39. The van der Waals surface area contributed by atoms with Crippen molar-refractivity contribution in [1.29, 1.82) is 5.26 Å². The van der Waals surface area contributed by atoms with Crippen LogP contribution in [0, 0.1) is 11.3 Å². The van der Waals surface area contributed by atoms with E-state index in [4.69, 9.17) is 5.26 Å². The van der Waals surface area contributed by atoms with Crippen molar-refractivity contribution in [3.8, 4) is 6.07 Å². The van der Waals surface area contributed by atoms with Gasteiger partial charge in [-0.25, -0.2) is 0 Å². The van der Waals surface area contributed by atoms with Crippen LogP contribution < -0.4 is 5.32 Å². The highest BCUT2D eigenvalue weighted by atomic mass is 15.2. The average molecular weight is 285 g/mol. The van der Waals surface area contributed by atoms with Crippen LogP contribution in [0.3, 0.4) is 0 Å². The van der Waals surface area contributed by atoms with Gasteiger partial charge in [-0.1, -0.05) is 31.4 Å². The lowest BCUT2D eigenvalue weighted by Gasteiger charge is -2.44. The zero-order chi connectivity index (χ0) is 15.3. The first kappa shape index (κ1) is 16.0. The van der Waals surface area contributed by atoms with E-state index in [1.165, 1.54) is 37.7 Å². The van der Waals surface area contributed by atoms with Crippen LogP contribution >= 0.6 is 0 Å². The minimum Gasteiger partial charge on any atom is -0.308 e. The van der Waals surface area contributed by atoms with Gasteiger partial charge in [0.15, 0.2) is 0 Å². The third-order valence-corrected chi connectivity index (χ3v) is 5.01. The third kappa shape index (κ3) is 3.84. The van der Waals surface area contributed by atoms with Crippen LogP contribution in [0.15, 0.2) is 24.3 Å². The van der Waals surface area contributed by atoms with E-state index in [2.05, 4.69) is 49.4 Å². The minimum atomic E-state index is 0.305. The van der Waals surface area contributed by atoms with Crippen LogP contribution in [0.1, 0.15) is 56.2 Å². The fourth-order valence-electron chi connectivity index (χ4n) is 3.30. The predicted octanol–water partition coefficient (Wildman–Crippen LogP) is 3.47. The van der Waals surface area contributed by atoms with E-state index in [-0.39, 0.29) is 0 Å². The Hall–Kier alpha value is -1.37. The number of hydrogen-bond donors (Lipinski definition) is 1. The topological polar surface area (TPSA) is 39.1 Å². The first-order valence-electron chi connectivity index (χ1n) is 7.98. The van der Waals surface area contributed by atoms with Crippen LogP contribution in [0.2, 0.25) is 0 Å². The van der Waals surface area contributed by atoms with Crippen molar-refractivity contribution in [1.82, 2.24) is 10.2 Å². The normalized spacial score (nSPS) is 19.2. The third-order valence-electron chi connectivity index (χ3n) is 5.01. The van der Waals surface area contributed by atoms with Gasteiger partial charge in [-0.05, 0) is 51.6 Å². The van der Waals surface area contributed by atoms with E-state index < -0.39 is 0 Å². The molecule has 1 saturated carbocycles. The quantitative estimate of drug-likeness (QED) is 0.900. The molecule has 0 aromatic heterocycles. The van der Waals surface area contributed by atoms with E-state index in [0.29, 0.717) is 11.6 Å².